The summed E-state index contributed by atoms with van der Waals surface area (Å²) < 4.78 is 0. The van der Waals surface area contributed by atoms with Gasteiger partial charge in [0.15, 0.2) is 5.17 Å². The van der Waals surface area contributed by atoms with Crippen LogP contribution >= 0.6 is 11.8 Å². The predicted octanol–water partition coefficient (Wildman–Crippen LogP) is 3.21. The molecule has 0 amide bonds. The predicted molar refractivity (Wildman–Crippen MR) is 68.9 cm³/mol. The molecule has 1 aromatic carbocycles. The number of hydrogen-bond donors (Lipinski definition) is 1. The largest absolute Gasteiger partial charge is 0.335 e. The van der Waals surface area contributed by atoms with Gasteiger partial charge in [0.05, 0.1) is 6.04 Å². The minimum Gasteiger partial charge on any atom is -0.335 e. The maximum Gasteiger partial charge on any atom is 0.161 e. The lowest BCUT2D eigenvalue weighted by molar-refractivity contribution is 0.865. The van der Waals surface area contributed by atoms with Gasteiger partial charge in [-0.15, -0.1) is 0 Å². The minimum atomic E-state index is 0.447. The lowest BCUT2D eigenvalue weighted by atomic mass is 10.1. The van der Waals surface area contributed by atoms with E-state index < -0.39 is 0 Å². The first-order valence-corrected chi connectivity index (χ1v) is 6.19. The van der Waals surface area contributed by atoms with Crippen molar-refractivity contribution in [3.8, 4) is 0 Å². The summed E-state index contributed by atoms with van der Waals surface area (Å²) in [6, 6.07) is 6.76. The maximum absolute atomic E-state index is 4.52. The Bertz CT molecular complexity index is 399. The van der Waals surface area contributed by atoms with Crippen LogP contribution in [0.2, 0.25) is 0 Å². The lowest BCUT2D eigenvalue weighted by Crippen LogP contribution is -2.06. The van der Waals surface area contributed by atoms with Crippen LogP contribution in [0.4, 0.5) is 5.69 Å². The number of anilines is 1. The minimum absolute atomic E-state index is 0.447. The van der Waals surface area contributed by atoms with Crippen LogP contribution in [0.3, 0.4) is 0 Å². The van der Waals surface area contributed by atoms with Crippen LogP contribution in [0.1, 0.15) is 18.1 Å². The highest BCUT2D eigenvalue weighted by Gasteiger charge is 2.14. The molecule has 0 radical (unpaired) electrons. The van der Waals surface area contributed by atoms with Crippen LogP contribution in [0.25, 0.3) is 0 Å². The molecule has 1 aromatic rings. The third kappa shape index (κ3) is 2.34. The molecule has 0 saturated heterocycles. The van der Waals surface area contributed by atoms with Gasteiger partial charge >= 0.3 is 0 Å². The average Bonchev–Trinajstić information content (AvgIpc) is 2.59. The van der Waals surface area contributed by atoms with E-state index in [2.05, 4.69) is 49.3 Å². The Kier molecular flexibility index (Phi) is 3.00. The van der Waals surface area contributed by atoms with Gasteiger partial charge < -0.3 is 5.32 Å². The van der Waals surface area contributed by atoms with Gasteiger partial charge in [-0.05, 0) is 38.0 Å². The molecule has 0 aliphatic carbocycles. The fourth-order valence-corrected chi connectivity index (χ4v) is 2.45. The number of hydrogen-bond acceptors (Lipinski definition) is 3. The number of aryl methyl sites for hydroxylation is 1. The summed E-state index contributed by atoms with van der Waals surface area (Å²) in [4.78, 5) is 4.52. The Morgan fingerprint density at radius 2 is 2.20 bits per heavy atom. The molecule has 1 aliphatic heterocycles. The third-order valence-corrected chi connectivity index (χ3v) is 3.78. The lowest BCUT2D eigenvalue weighted by Gasteiger charge is -2.10. The summed E-state index contributed by atoms with van der Waals surface area (Å²) in [6.45, 7) is 6.42. The molecule has 1 atom stereocenters. The van der Waals surface area contributed by atoms with E-state index in [4.69, 9.17) is 0 Å². The van der Waals surface area contributed by atoms with Crippen molar-refractivity contribution in [2.45, 2.75) is 26.8 Å². The Labute approximate surface area is 95.2 Å². The Balaban J connectivity index is 2.18. The molecule has 80 valence electrons. The summed E-state index contributed by atoms with van der Waals surface area (Å²) >= 11 is 1.80. The third-order valence-electron chi connectivity index (χ3n) is 2.65. The van der Waals surface area contributed by atoms with Crippen LogP contribution in [0.5, 0.6) is 0 Å². The highest BCUT2D eigenvalue weighted by molar-refractivity contribution is 8.14. The quantitative estimate of drug-likeness (QED) is 0.786. The number of aliphatic imine (C=N–C) groups is 1. The maximum atomic E-state index is 4.52. The molecule has 1 N–H and O–H groups in total. The fraction of sp³-hybridized carbons (Fsp3) is 0.417. The van der Waals surface area contributed by atoms with Crippen molar-refractivity contribution in [3.05, 3.63) is 29.3 Å². The zero-order valence-electron chi connectivity index (χ0n) is 9.37. The molecule has 2 nitrogen and oxygen atoms in total. The van der Waals surface area contributed by atoms with E-state index in [1.165, 1.54) is 16.8 Å². The van der Waals surface area contributed by atoms with Crippen LogP contribution in [-0.4, -0.2) is 17.0 Å². The molecule has 0 bridgehead atoms. The van der Waals surface area contributed by atoms with Crippen molar-refractivity contribution in [2.75, 3.05) is 11.1 Å². The molecule has 1 aliphatic rings. The topological polar surface area (TPSA) is 24.4 Å². The summed E-state index contributed by atoms with van der Waals surface area (Å²) in [5.74, 6) is 1.09. The number of nitrogens with zero attached hydrogens (tertiary/aromatic N) is 1. The molecule has 0 spiro atoms. The van der Waals surface area contributed by atoms with Gasteiger partial charge in [-0.2, -0.15) is 0 Å². The molecule has 1 unspecified atom stereocenters. The van der Waals surface area contributed by atoms with Gasteiger partial charge in [0, 0.05) is 11.4 Å². The van der Waals surface area contributed by atoms with Gasteiger partial charge in [0.1, 0.15) is 0 Å². The van der Waals surface area contributed by atoms with Crippen LogP contribution < -0.4 is 5.32 Å². The van der Waals surface area contributed by atoms with Crippen molar-refractivity contribution in [1.29, 1.82) is 0 Å². The fourth-order valence-electron chi connectivity index (χ4n) is 1.54. The number of benzene rings is 1. The zero-order chi connectivity index (χ0) is 10.8. The molecule has 1 heterocycles. The first-order valence-electron chi connectivity index (χ1n) is 5.20. The van der Waals surface area contributed by atoms with Crippen LogP contribution in [0, 0.1) is 13.8 Å². The van der Waals surface area contributed by atoms with E-state index in [-0.39, 0.29) is 0 Å². The van der Waals surface area contributed by atoms with Crippen molar-refractivity contribution in [3.63, 3.8) is 0 Å². The smallest absolute Gasteiger partial charge is 0.161 e. The monoisotopic (exact) mass is 220 g/mol. The second-order valence-electron chi connectivity index (χ2n) is 3.97. The Morgan fingerprint density at radius 1 is 1.40 bits per heavy atom. The summed E-state index contributed by atoms with van der Waals surface area (Å²) in [5, 5.41) is 4.45. The Hall–Kier alpha value is -0.960. The molecule has 0 saturated carbocycles. The van der Waals surface area contributed by atoms with Crippen molar-refractivity contribution in [2.24, 2.45) is 4.99 Å². The summed E-state index contributed by atoms with van der Waals surface area (Å²) in [6.07, 6.45) is 0. The standard InChI is InChI=1S/C12H16N2S/c1-8-5-4-6-11(10(8)3)14-12-13-9(2)7-15-12/h4-6,9H,7H2,1-3H3,(H,13,14). The van der Waals surface area contributed by atoms with Crippen molar-refractivity contribution < 1.29 is 0 Å². The van der Waals surface area contributed by atoms with Crippen molar-refractivity contribution >= 4 is 22.6 Å². The molecular weight excluding hydrogens is 204 g/mol. The normalized spacial score (nSPS) is 20.2. The SMILES string of the molecule is Cc1cccc(NC2=NC(C)CS2)c1C. The van der Waals surface area contributed by atoms with E-state index in [0.717, 1.165) is 10.9 Å². The highest BCUT2D eigenvalue weighted by atomic mass is 32.2. The molecule has 0 aromatic heterocycles. The van der Waals surface area contributed by atoms with E-state index in [9.17, 15) is 0 Å². The van der Waals surface area contributed by atoms with E-state index >= 15 is 0 Å². The number of thioether (sulfide) groups is 1. The first kappa shape index (κ1) is 10.6. The number of amidine groups is 1. The molecule has 2 rings (SSSR count). The van der Waals surface area contributed by atoms with Gasteiger partial charge in [-0.3, -0.25) is 4.99 Å². The van der Waals surface area contributed by atoms with Gasteiger partial charge in [-0.1, -0.05) is 23.9 Å². The van der Waals surface area contributed by atoms with E-state index in [1.54, 1.807) is 11.8 Å². The summed E-state index contributed by atoms with van der Waals surface area (Å²) in [5.41, 5.74) is 3.80. The molecular formula is C12H16N2S. The van der Waals surface area contributed by atoms with Crippen LogP contribution in [-0.2, 0) is 0 Å². The van der Waals surface area contributed by atoms with Gasteiger partial charge in [0.2, 0.25) is 0 Å². The Morgan fingerprint density at radius 3 is 2.87 bits per heavy atom. The van der Waals surface area contributed by atoms with Gasteiger partial charge in [0.25, 0.3) is 0 Å². The molecule has 15 heavy (non-hydrogen) atoms. The second kappa shape index (κ2) is 4.27. The van der Waals surface area contributed by atoms with Crippen molar-refractivity contribution in [1.82, 2.24) is 0 Å². The molecule has 0 fully saturated rings. The zero-order valence-corrected chi connectivity index (χ0v) is 10.2. The molecule has 3 heteroatoms. The summed E-state index contributed by atoms with van der Waals surface area (Å²) in [7, 11) is 0. The first-order chi connectivity index (χ1) is 7.16. The van der Waals surface area contributed by atoms with Crippen LogP contribution in [0.15, 0.2) is 23.2 Å². The van der Waals surface area contributed by atoms with E-state index in [1.807, 2.05) is 0 Å². The van der Waals surface area contributed by atoms with E-state index in [0.29, 0.717) is 6.04 Å². The second-order valence-corrected chi connectivity index (χ2v) is 4.98. The van der Waals surface area contributed by atoms with Gasteiger partial charge in [-0.25, -0.2) is 0 Å². The number of nitrogens with one attached hydrogen (secondary N) is 1. The highest BCUT2D eigenvalue weighted by Crippen LogP contribution is 2.23. The number of rotatable bonds is 1. The average molecular weight is 220 g/mol.